The van der Waals surface area contributed by atoms with Crippen LogP contribution < -0.4 is 5.73 Å². The zero-order chi connectivity index (χ0) is 11.7. The quantitative estimate of drug-likeness (QED) is 0.796. The summed E-state index contributed by atoms with van der Waals surface area (Å²) < 4.78 is 39.8. The number of nitrogens with zero attached hydrogens (tertiary/aromatic N) is 2. The number of hydrogen-bond acceptors (Lipinski definition) is 2. The van der Waals surface area contributed by atoms with Crippen LogP contribution in [0, 0.1) is 17.5 Å². The van der Waals surface area contributed by atoms with Crippen LogP contribution in [0.2, 0.25) is 0 Å². The van der Waals surface area contributed by atoms with Gasteiger partial charge in [-0.2, -0.15) is 5.10 Å². The fourth-order valence-corrected chi connectivity index (χ4v) is 1.35. The van der Waals surface area contributed by atoms with Crippen molar-refractivity contribution in [3.63, 3.8) is 0 Å². The standard InChI is InChI=1S/C10H8F3N3/c11-7-3-6(4-8(12)10(7)13)5-16-2-1-9(14)15-16/h1-4H,5H2,(H2,14,15). The largest absolute Gasteiger partial charge is 0.382 e. The van der Waals surface area contributed by atoms with E-state index in [1.54, 1.807) is 12.3 Å². The summed E-state index contributed by atoms with van der Waals surface area (Å²) in [5.74, 6) is -3.59. The number of hydrogen-bond donors (Lipinski definition) is 1. The van der Waals surface area contributed by atoms with E-state index in [1.807, 2.05) is 0 Å². The minimum absolute atomic E-state index is 0.130. The van der Waals surface area contributed by atoms with Crippen molar-refractivity contribution < 1.29 is 13.2 Å². The molecule has 2 rings (SSSR count). The molecule has 0 amide bonds. The Balaban J connectivity index is 2.28. The Morgan fingerprint density at radius 1 is 1.19 bits per heavy atom. The van der Waals surface area contributed by atoms with E-state index < -0.39 is 17.5 Å². The van der Waals surface area contributed by atoms with Gasteiger partial charge in [-0.3, -0.25) is 4.68 Å². The lowest BCUT2D eigenvalue weighted by Gasteiger charge is -2.03. The average Bonchev–Trinajstić information content (AvgIpc) is 2.60. The highest BCUT2D eigenvalue weighted by Crippen LogP contribution is 2.14. The molecule has 6 heteroatoms. The fraction of sp³-hybridized carbons (Fsp3) is 0.100. The topological polar surface area (TPSA) is 43.8 Å². The Labute approximate surface area is 89.3 Å². The highest BCUT2D eigenvalue weighted by atomic mass is 19.2. The number of nitrogen functional groups attached to an aromatic ring is 1. The maximum atomic E-state index is 12.9. The van der Waals surface area contributed by atoms with E-state index >= 15 is 0 Å². The first-order valence-corrected chi connectivity index (χ1v) is 4.48. The molecule has 2 aromatic rings. The van der Waals surface area contributed by atoms with Gasteiger partial charge in [-0.05, 0) is 23.8 Å². The van der Waals surface area contributed by atoms with Crippen molar-refractivity contribution in [2.75, 3.05) is 5.73 Å². The average molecular weight is 227 g/mol. The Bertz CT molecular complexity index is 499. The van der Waals surface area contributed by atoms with Gasteiger partial charge in [0.1, 0.15) is 5.82 Å². The molecule has 84 valence electrons. The third kappa shape index (κ3) is 2.00. The zero-order valence-corrected chi connectivity index (χ0v) is 8.12. The molecule has 0 fully saturated rings. The second-order valence-electron chi connectivity index (χ2n) is 3.31. The fourth-order valence-electron chi connectivity index (χ4n) is 1.35. The van der Waals surface area contributed by atoms with E-state index in [0.717, 1.165) is 12.1 Å². The van der Waals surface area contributed by atoms with Crippen molar-refractivity contribution in [2.45, 2.75) is 6.54 Å². The number of nitrogens with two attached hydrogens (primary N) is 1. The molecule has 16 heavy (non-hydrogen) atoms. The molecular weight excluding hydrogens is 219 g/mol. The summed E-state index contributed by atoms with van der Waals surface area (Å²) in [4.78, 5) is 0. The summed E-state index contributed by atoms with van der Waals surface area (Å²) in [6.07, 6.45) is 1.56. The summed E-state index contributed by atoms with van der Waals surface area (Å²) in [6, 6.07) is 3.41. The van der Waals surface area contributed by atoms with E-state index in [-0.39, 0.29) is 12.1 Å². The molecule has 0 radical (unpaired) electrons. The molecule has 1 aromatic heterocycles. The van der Waals surface area contributed by atoms with Gasteiger partial charge in [-0.1, -0.05) is 0 Å². The molecule has 0 aliphatic rings. The van der Waals surface area contributed by atoms with Crippen molar-refractivity contribution in [1.29, 1.82) is 0 Å². The number of aromatic nitrogens is 2. The molecule has 0 bridgehead atoms. The molecule has 2 N–H and O–H groups in total. The molecule has 0 spiro atoms. The molecule has 1 heterocycles. The second-order valence-corrected chi connectivity index (χ2v) is 3.31. The first-order valence-electron chi connectivity index (χ1n) is 4.48. The summed E-state index contributed by atoms with van der Waals surface area (Å²) in [5.41, 5.74) is 5.65. The van der Waals surface area contributed by atoms with E-state index in [9.17, 15) is 13.2 Å². The Hall–Kier alpha value is -1.98. The minimum Gasteiger partial charge on any atom is -0.382 e. The lowest BCUT2D eigenvalue weighted by Crippen LogP contribution is -2.03. The van der Waals surface area contributed by atoms with E-state index in [2.05, 4.69) is 5.10 Å². The minimum atomic E-state index is -1.47. The number of benzene rings is 1. The van der Waals surface area contributed by atoms with Gasteiger partial charge in [-0.25, -0.2) is 13.2 Å². The lowest BCUT2D eigenvalue weighted by atomic mass is 10.2. The molecule has 0 aliphatic heterocycles. The first-order chi connectivity index (χ1) is 7.56. The van der Waals surface area contributed by atoms with Crippen molar-refractivity contribution in [3.05, 3.63) is 47.4 Å². The van der Waals surface area contributed by atoms with Crippen LogP contribution in [0.5, 0.6) is 0 Å². The van der Waals surface area contributed by atoms with Crippen molar-refractivity contribution in [3.8, 4) is 0 Å². The molecule has 0 unspecified atom stereocenters. The molecular formula is C10H8F3N3. The second kappa shape index (κ2) is 3.88. The number of halogens is 3. The molecule has 0 saturated heterocycles. The van der Waals surface area contributed by atoms with Crippen LogP contribution in [0.3, 0.4) is 0 Å². The normalized spacial score (nSPS) is 10.7. The summed E-state index contributed by atoms with van der Waals surface area (Å²) in [7, 11) is 0. The van der Waals surface area contributed by atoms with Gasteiger partial charge in [0.2, 0.25) is 0 Å². The maximum Gasteiger partial charge on any atom is 0.194 e. The van der Waals surface area contributed by atoms with Crippen LogP contribution >= 0.6 is 0 Å². The molecule has 3 nitrogen and oxygen atoms in total. The highest BCUT2D eigenvalue weighted by molar-refractivity contribution is 5.25. The first kappa shape index (κ1) is 10.5. The van der Waals surface area contributed by atoms with Gasteiger partial charge < -0.3 is 5.73 Å². The molecule has 0 saturated carbocycles. The maximum absolute atomic E-state index is 12.9. The highest BCUT2D eigenvalue weighted by Gasteiger charge is 2.10. The molecule has 0 aliphatic carbocycles. The van der Waals surface area contributed by atoms with Crippen LogP contribution in [-0.2, 0) is 6.54 Å². The van der Waals surface area contributed by atoms with Crippen LogP contribution in [0.1, 0.15) is 5.56 Å². The van der Waals surface area contributed by atoms with E-state index in [0.29, 0.717) is 5.82 Å². The van der Waals surface area contributed by atoms with Crippen molar-refractivity contribution in [1.82, 2.24) is 9.78 Å². The van der Waals surface area contributed by atoms with E-state index in [1.165, 1.54) is 4.68 Å². The van der Waals surface area contributed by atoms with Gasteiger partial charge in [0.25, 0.3) is 0 Å². The SMILES string of the molecule is Nc1ccn(Cc2cc(F)c(F)c(F)c2)n1. The van der Waals surface area contributed by atoms with Crippen molar-refractivity contribution >= 4 is 5.82 Å². The summed E-state index contributed by atoms with van der Waals surface area (Å²) >= 11 is 0. The molecule has 1 aromatic carbocycles. The van der Waals surface area contributed by atoms with Crippen LogP contribution in [0.4, 0.5) is 19.0 Å². The van der Waals surface area contributed by atoms with Crippen LogP contribution in [0.15, 0.2) is 24.4 Å². The number of rotatable bonds is 2. The summed E-state index contributed by atoms with van der Waals surface area (Å²) in [5, 5.41) is 3.84. The summed E-state index contributed by atoms with van der Waals surface area (Å²) in [6.45, 7) is 0.130. The van der Waals surface area contributed by atoms with Crippen LogP contribution in [0.25, 0.3) is 0 Å². The predicted octanol–water partition coefficient (Wildman–Crippen LogP) is 1.93. The smallest absolute Gasteiger partial charge is 0.194 e. The third-order valence-electron chi connectivity index (χ3n) is 2.05. The van der Waals surface area contributed by atoms with Gasteiger partial charge >= 0.3 is 0 Å². The van der Waals surface area contributed by atoms with Gasteiger partial charge in [-0.15, -0.1) is 0 Å². The Morgan fingerprint density at radius 3 is 2.31 bits per heavy atom. The van der Waals surface area contributed by atoms with E-state index in [4.69, 9.17) is 5.73 Å². The lowest BCUT2D eigenvalue weighted by molar-refractivity contribution is 0.444. The zero-order valence-electron chi connectivity index (χ0n) is 8.12. The van der Waals surface area contributed by atoms with Gasteiger partial charge in [0.05, 0.1) is 6.54 Å². The van der Waals surface area contributed by atoms with Gasteiger partial charge in [0, 0.05) is 6.20 Å². The van der Waals surface area contributed by atoms with Gasteiger partial charge in [0.15, 0.2) is 17.5 Å². The Kier molecular flexibility index (Phi) is 2.55. The van der Waals surface area contributed by atoms with Crippen molar-refractivity contribution in [2.24, 2.45) is 0 Å². The monoisotopic (exact) mass is 227 g/mol. The molecule has 0 atom stereocenters. The third-order valence-corrected chi connectivity index (χ3v) is 2.05. The number of anilines is 1. The predicted molar refractivity (Wildman–Crippen MR) is 52.1 cm³/mol. The Morgan fingerprint density at radius 2 is 1.81 bits per heavy atom. The van der Waals surface area contributed by atoms with Crippen LogP contribution in [-0.4, -0.2) is 9.78 Å².